The van der Waals surface area contributed by atoms with Crippen molar-refractivity contribution >= 4 is 23.8 Å². The number of nitrogens with zero attached hydrogens (tertiary/aromatic N) is 2. The topological polar surface area (TPSA) is 102 Å². The number of hydrogen-bond donors (Lipinski definition) is 1. The molecule has 1 aromatic rings. The van der Waals surface area contributed by atoms with Crippen LogP contribution in [0.25, 0.3) is 6.08 Å². The van der Waals surface area contributed by atoms with E-state index in [4.69, 9.17) is 4.74 Å². The average Bonchev–Trinajstić information content (AvgIpc) is 2.55. The summed E-state index contributed by atoms with van der Waals surface area (Å²) in [6.07, 6.45) is 2.48. The molecule has 0 aliphatic rings. The van der Waals surface area contributed by atoms with Gasteiger partial charge in [-0.25, -0.2) is 4.79 Å². The highest BCUT2D eigenvalue weighted by Crippen LogP contribution is 2.12. The predicted octanol–water partition coefficient (Wildman–Crippen LogP) is 2.98. The molecule has 1 aromatic carbocycles. The third-order valence-corrected chi connectivity index (χ3v) is 3.25. The summed E-state index contributed by atoms with van der Waals surface area (Å²) in [7, 11) is 0. The third-order valence-electron chi connectivity index (χ3n) is 3.25. The first kappa shape index (κ1) is 21.1. The highest BCUT2D eigenvalue weighted by Gasteiger charge is 2.20. The van der Waals surface area contributed by atoms with Crippen LogP contribution in [0.2, 0.25) is 0 Å². The van der Waals surface area contributed by atoms with Crippen LogP contribution in [0.4, 0.5) is 10.5 Å². The standard InChI is InChI=1S/C18H25N3O5/c1-5-20(17(23)26-18(2,3)4)13-12-19-16(22)11-8-14-6-9-15(10-7-14)21(24)25/h6-11H,5,12-13H2,1-4H3,(H,19,22)/b11-8+. The van der Waals surface area contributed by atoms with Crippen LogP contribution in [0.5, 0.6) is 0 Å². The lowest BCUT2D eigenvalue weighted by Crippen LogP contribution is -2.41. The molecule has 142 valence electrons. The van der Waals surface area contributed by atoms with Gasteiger partial charge in [-0.15, -0.1) is 0 Å². The number of hydrogen-bond acceptors (Lipinski definition) is 5. The minimum absolute atomic E-state index is 0.00611. The fraction of sp³-hybridized carbons (Fsp3) is 0.444. The third kappa shape index (κ3) is 7.78. The fourth-order valence-corrected chi connectivity index (χ4v) is 1.96. The predicted molar refractivity (Wildman–Crippen MR) is 98.6 cm³/mol. The lowest BCUT2D eigenvalue weighted by Gasteiger charge is -2.26. The summed E-state index contributed by atoms with van der Waals surface area (Å²) < 4.78 is 5.29. The van der Waals surface area contributed by atoms with Crippen molar-refractivity contribution in [1.82, 2.24) is 10.2 Å². The smallest absolute Gasteiger partial charge is 0.410 e. The number of amides is 2. The summed E-state index contributed by atoms with van der Waals surface area (Å²) in [6, 6.07) is 5.86. The van der Waals surface area contributed by atoms with Gasteiger partial charge in [-0.3, -0.25) is 14.9 Å². The zero-order valence-electron chi connectivity index (χ0n) is 15.5. The Labute approximate surface area is 153 Å². The number of non-ortho nitro benzene ring substituents is 1. The maximum absolute atomic E-state index is 12.0. The van der Waals surface area contributed by atoms with Crippen LogP contribution >= 0.6 is 0 Å². The highest BCUT2D eigenvalue weighted by atomic mass is 16.6. The van der Waals surface area contributed by atoms with E-state index < -0.39 is 16.6 Å². The quantitative estimate of drug-likeness (QED) is 0.456. The van der Waals surface area contributed by atoms with Crippen LogP contribution in [0.3, 0.4) is 0 Å². The van der Waals surface area contributed by atoms with Crippen molar-refractivity contribution in [3.05, 3.63) is 46.0 Å². The van der Waals surface area contributed by atoms with Crippen LogP contribution in [0.15, 0.2) is 30.3 Å². The van der Waals surface area contributed by atoms with E-state index in [0.29, 0.717) is 18.7 Å². The molecular weight excluding hydrogens is 338 g/mol. The molecule has 0 spiro atoms. The van der Waals surface area contributed by atoms with Crippen molar-refractivity contribution in [2.45, 2.75) is 33.3 Å². The van der Waals surface area contributed by atoms with E-state index in [2.05, 4.69) is 5.32 Å². The minimum atomic E-state index is -0.568. The number of benzene rings is 1. The van der Waals surface area contributed by atoms with Gasteiger partial charge < -0.3 is 15.0 Å². The Morgan fingerprint density at radius 2 is 1.88 bits per heavy atom. The van der Waals surface area contributed by atoms with Crippen molar-refractivity contribution in [3.8, 4) is 0 Å². The molecule has 0 saturated carbocycles. The zero-order valence-corrected chi connectivity index (χ0v) is 15.5. The van der Waals surface area contributed by atoms with Gasteiger partial charge in [0.1, 0.15) is 5.60 Å². The Morgan fingerprint density at radius 1 is 1.27 bits per heavy atom. The second-order valence-electron chi connectivity index (χ2n) is 6.53. The SMILES string of the molecule is CCN(CCNC(=O)/C=C/c1ccc([N+](=O)[O-])cc1)C(=O)OC(C)(C)C. The number of nitrogens with one attached hydrogen (secondary N) is 1. The summed E-state index contributed by atoms with van der Waals surface area (Å²) in [4.78, 5) is 35.4. The molecule has 0 unspecified atom stereocenters. The maximum Gasteiger partial charge on any atom is 0.410 e. The van der Waals surface area contributed by atoms with E-state index in [9.17, 15) is 19.7 Å². The number of carbonyl (C=O) groups excluding carboxylic acids is 2. The first-order chi connectivity index (χ1) is 12.1. The number of ether oxygens (including phenoxy) is 1. The van der Waals surface area contributed by atoms with Gasteiger partial charge in [-0.05, 0) is 51.5 Å². The fourth-order valence-electron chi connectivity index (χ4n) is 1.96. The molecule has 0 heterocycles. The molecule has 2 amide bonds. The van der Waals surface area contributed by atoms with E-state index in [1.54, 1.807) is 39.0 Å². The van der Waals surface area contributed by atoms with E-state index >= 15 is 0 Å². The molecule has 0 radical (unpaired) electrons. The molecule has 0 atom stereocenters. The van der Waals surface area contributed by atoms with E-state index in [1.165, 1.54) is 23.1 Å². The molecule has 0 saturated heterocycles. The monoisotopic (exact) mass is 363 g/mol. The van der Waals surface area contributed by atoms with Crippen LogP contribution in [0.1, 0.15) is 33.3 Å². The Hall–Kier alpha value is -2.90. The zero-order chi connectivity index (χ0) is 19.7. The highest BCUT2D eigenvalue weighted by molar-refractivity contribution is 5.91. The van der Waals surface area contributed by atoms with Crippen LogP contribution in [-0.4, -0.2) is 47.1 Å². The van der Waals surface area contributed by atoms with Gasteiger partial charge in [0.25, 0.3) is 5.69 Å². The molecule has 0 aliphatic heterocycles. The Bertz CT molecular complexity index is 662. The van der Waals surface area contributed by atoms with E-state index in [0.717, 1.165) is 0 Å². The average molecular weight is 363 g/mol. The van der Waals surface area contributed by atoms with Crippen molar-refractivity contribution in [2.24, 2.45) is 0 Å². The molecule has 0 fully saturated rings. The van der Waals surface area contributed by atoms with Gasteiger partial charge >= 0.3 is 6.09 Å². The van der Waals surface area contributed by atoms with Gasteiger partial charge in [-0.1, -0.05) is 0 Å². The minimum Gasteiger partial charge on any atom is -0.444 e. The summed E-state index contributed by atoms with van der Waals surface area (Å²) >= 11 is 0. The summed E-state index contributed by atoms with van der Waals surface area (Å²) in [5, 5.41) is 13.3. The van der Waals surface area contributed by atoms with Gasteiger partial charge in [0.05, 0.1) is 4.92 Å². The van der Waals surface area contributed by atoms with Gasteiger partial charge in [-0.2, -0.15) is 0 Å². The lowest BCUT2D eigenvalue weighted by molar-refractivity contribution is -0.384. The van der Waals surface area contributed by atoms with Crippen LogP contribution in [-0.2, 0) is 9.53 Å². The Kier molecular flexibility index (Phi) is 7.77. The Balaban J connectivity index is 2.45. The van der Waals surface area contributed by atoms with Gasteiger partial charge in [0.2, 0.25) is 5.91 Å². The summed E-state index contributed by atoms with van der Waals surface area (Å²) in [5.41, 5.74) is 0.101. The molecule has 0 bridgehead atoms. The molecule has 1 rings (SSSR count). The number of nitro groups is 1. The van der Waals surface area contributed by atoms with Crippen LogP contribution in [0, 0.1) is 10.1 Å². The van der Waals surface area contributed by atoms with Crippen molar-refractivity contribution < 1.29 is 19.2 Å². The van der Waals surface area contributed by atoms with Crippen molar-refractivity contribution in [2.75, 3.05) is 19.6 Å². The van der Waals surface area contributed by atoms with Crippen LogP contribution < -0.4 is 5.32 Å². The number of nitro benzene ring substituents is 1. The second kappa shape index (κ2) is 9.55. The second-order valence-corrected chi connectivity index (χ2v) is 6.53. The number of likely N-dealkylation sites (N-methyl/N-ethyl adjacent to an activating group) is 1. The number of carbonyl (C=O) groups is 2. The maximum atomic E-state index is 12.0. The first-order valence-corrected chi connectivity index (χ1v) is 8.30. The van der Waals surface area contributed by atoms with Crippen molar-refractivity contribution in [1.29, 1.82) is 0 Å². The van der Waals surface area contributed by atoms with E-state index in [-0.39, 0.29) is 18.1 Å². The number of rotatable bonds is 7. The molecular formula is C18H25N3O5. The van der Waals surface area contributed by atoms with Crippen molar-refractivity contribution in [3.63, 3.8) is 0 Å². The Morgan fingerprint density at radius 3 is 2.38 bits per heavy atom. The molecule has 0 aromatic heterocycles. The lowest BCUT2D eigenvalue weighted by atomic mass is 10.2. The summed E-state index contributed by atoms with van der Waals surface area (Å²) in [6.45, 7) is 8.32. The molecule has 26 heavy (non-hydrogen) atoms. The summed E-state index contributed by atoms with van der Waals surface area (Å²) in [5.74, 6) is -0.316. The molecule has 8 nitrogen and oxygen atoms in total. The first-order valence-electron chi connectivity index (χ1n) is 8.30. The van der Waals surface area contributed by atoms with Gasteiger partial charge in [0, 0.05) is 37.8 Å². The van der Waals surface area contributed by atoms with Gasteiger partial charge in [0.15, 0.2) is 0 Å². The molecule has 1 N–H and O–H groups in total. The largest absolute Gasteiger partial charge is 0.444 e. The van der Waals surface area contributed by atoms with E-state index in [1.807, 2.05) is 6.92 Å². The normalized spacial score (nSPS) is 11.2. The molecule has 0 aliphatic carbocycles. The molecule has 8 heteroatoms.